The number of nitrogens with two attached hydrogens (primary N) is 1. The minimum absolute atomic E-state index is 0.446. The van der Waals surface area contributed by atoms with Crippen molar-refractivity contribution in [1.29, 1.82) is 0 Å². The predicted molar refractivity (Wildman–Crippen MR) is 63.1 cm³/mol. The number of rotatable bonds is 7. The van der Waals surface area contributed by atoms with Gasteiger partial charge in [-0.15, -0.1) is 0 Å². The molecule has 0 aliphatic rings. The summed E-state index contributed by atoms with van der Waals surface area (Å²) < 4.78 is 5.20. The van der Waals surface area contributed by atoms with Crippen molar-refractivity contribution < 1.29 is 4.52 Å². The first-order valence-corrected chi connectivity index (χ1v) is 5.82. The van der Waals surface area contributed by atoms with Crippen molar-refractivity contribution in [2.75, 3.05) is 27.2 Å². The Morgan fingerprint density at radius 1 is 1.44 bits per heavy atom. The van der Waals surface area contributed by atoms with Gasteiger partial charge in [0.05, 0.1) is 0 Å². The van der Waals surface area contributed by atoms with Crippen LogP contribution in [-0.2, 0) is 12.8 Å². The minimum Gasteiger partial charge on any atom is -0.339 e. The second-order valence-corrected chi connectivity index (χ2v) is 4.37. The van der Waals surface area contributed by atoms with Gasteiger partial charge in [-0.3, -0.25) is 0 Å². The standard InChI is InChI=1S/C11H22N4O/c1-4-9(8-12)7-11-13-10(14-16-11)5-6-15(2)3/h9H,4-8,12H2,1-3H3. The van der Waals surface area contributed by atoms with Crippen molar-refractivity contribution in [3.8, 4) is 0 Å². The summed E-state index contributed by atoms with van der Waals surface area (Å²) in [5.74, 6) is 1.95. The first-order chi connectivity index (χ1) is 7.65. The van der Waals surface area contributed by atoms with Gasteiger partial charge in [-0.2, -0.15) is 4.98 Å². The highest BCUT2D eigenvalue weighted by molar-refractivity contribution is 4.88. The van der Waals surface area contributed by atoms with Gasteiger partial charge in [0, 0.05) is 19.4 Å². The normalized spacial score (nSPS) is 13.3. The average Bonchev–Trinajstić information content (AvgIpc) is 2.70. The fourth-order valence-corrected chi connectivity index (χ4v) is 1.44. The second-order valence-electron chi connectivity index (χ2n) is 4.37. The lowest BCUT2D eigenvalue weighted by Gasteiger charge is -2.07. The summed E-state index contributed by atoms with van der Waals surface area (Å²) in [4.78, 5) is 6.46. The third-order valence-corrected chi connectivity index (χ3v) is 2.67. The fourth-order valence-electron chi connectivity index (χ4n) is 1.44. The summed E-state index contributed by atoms with van der Waals surface area (Å²) in [6, 6.07) is 0. The largest absolute Gasteiger partial charge is 0.339 e. The molecule has 0 fully saturated rings. The molecule has 1 unspecified atom stereocenters. The molecule has 0 spiro atoms. The van der Waals surface area contributed by atoms with Crippen molar-refractivity contribution in [3.05, 3.63) is 11.7 Å². The zero-order valence-corrected chi connectivity index (χ0v) is 10.4. The molecule has 0 saturated carbocycles. The molecule has 1 atom stereocenters. The number of nitrogens with zero attached hydrogens (tertiary/aromatic N) is 3. The number of likely N-dealkylation sites (N-methyl/N-ethyl adjacent to an activating group) is 1. The quantitative estimate of drug-likeness (QED) is 0.741. The maximum Gasteiger partial charge on any atom is 0.226 e. The van der Waals surface area contributed by atoms with E-state index in [1.165, 1.54) is 0 Å². The van der Waals surface area contributed by atoms with Gasteiger partial charge in [-0.1, -0.05) is 18.5 Å². The van der Waals surface area contributed by atoms with Crippen LogP contribution in [-0.4, -0.2) is 42.2 Å². The van der Waals surface area contributed by atoms with Gasteiger partial charge in [0.15, 0.2) is 5.82 Å². The van der Waals surface area contributed by atoms with Crippen LogP contribution in [0, 0.1) is 5.92 Å². The highest BCUT2D eigenvalue weighted by Crippen LogP contribution is 2.09. The Labute approximate surface area is 97.0 Å². The third kappa shape index (κ3) is 4.28. The van der Waals surface area contributed by atoms with Gasteiger partial charge >= 0.3 is 0 Å². The molecule has 0 amide bonds. The fraction of sp³-hybridized carbons (Fsp3) is 0.818. The molecule has 1 aromatic heterocycles. The van der Waals surface area contributed by atoms with Gasteiger partial charge in [0.25, 0.3) is 0 Å². The molecular formula is C11H22N4O. The minimum atomic E-state index is 0.446. The summed E-state index contributed by atoms with van der Waals surface area (Å²) in [5, 5.41) is 3.96. The number of aromatic nitrogens is 2. The highest BCUT2D eigenvalue weighted by Gasteiger charge is 2.11. The molecular weight excluding hydrogens is 204 g/mol. The smallest absolute Gasteiger partial charge is 0.226 e. The van der Waals surface area contributed by atoms with Crippen LogP contribution in [0.15, 0.2) is 4.52 Å². The molecule has 0 aliphatic carbocycles. The zero-order valence-electron chi connectivity index (χ0n) is 10.4. The molecule has 16 heavy (non-hydrogen) atoms. The maximum absolute atomic E-state index is 5.64. The summed E-state index contributed by atoms with van der Waals surface area (Å²) in [6.45, 7) is 3.74. The zero-order chi connectivity index (χ0) is 12.0. The molecule has 5 heteroatoms. The Morgan fingerprint density at radius 2 is 2.19 bits per heavy atom. The Morgan fingerprint density at radius 3 is 2.75 bits per heavy atom. The average molecular weight is 226 g/mol. The van der Waals surface area contributed by atoms with E-state index in [0.717, 1.165) is 31.6 Å². The van der Waals surface area contributed by atoms with Crippen molar-refractivity contribution in [2.24, 2.45) is 11.7 Å². The molecule has 0 radical (unpaired) electrons. The molecule has 1 aromatic rings. The molecule has 1 rings (SSSR count). The van der Waals surface area contributed by atoms with E-state index in [2.05, 4.69) is 22.0 Å². The van der Waals surface area contributed by atoms with Crippen LogP contribution in [0.3, 0.4) is 0 Å². The molecule has 92 valence electrons. The van der Waals surface area contributed by atoms with Gasteiger partial charge in [0.2, 0.25) is 5.89 Å². The van der Waals surface area contributed by atoms with Gasteiger partial charge < -0.3 is 15.2 Å². The van der Waals surface area contributed by atoms with Gasteiger partial charge in [-0.05, 0) is 26.6 Å². The third-order valence-electron chi connectivity index (χ3n) is 2.67. The summed E-state index contributed by atoms with van der Waals surface area (Å²) in [7, 11) is 4.06. The van der Waals surface area contributed by atoms with Gasteiger partial charge in [0.1, 0.15) is 0 Å². The summed E-state index contributed by atoms with van der Waals surface area (Å²) in [6.07, 6.45) is 2.67. The van der Waals surface area contributed by atoms with Gasteiger partial charge in [-0.25, -0.2) is 0 Å². The number of hydrogen-bond acceptors (Lipinski definition) is 5. The first kappa shape index (κ1) is 13.1. The first-order valence-electron chi connectivity index (χ1n) is 5.82. The summed E-state index contributed by atoms with van der Waals surface area (Å²) in [5.41, 5.74) is 5.64. The van der Waals surface area contributed by atoms with Crippen molar-refractivity contribution >= 4 is 0 Å². The Balaban J connectivity index is 2.44. The lowest BCUT2D eigenvalue weighted by Crippen LogP contribution is -2.16. The monoisotopic (exact) mass is 226 g/mol. The SMILES string of the molecule is CCC(CN)Cc1nc(CCN(C)C)no1. The lowest BCUT2D eigenvalue weighted by molar-refractivity contribution is 0.344. The molecule has 2 N–H and O–H groups in total. The van der Waals surface area contributed by atoms with Crippen LogP contribution in [0.2, 0.25) is 0 Å². The molecule has 1 heterocycles. The molecule has 0 bridgehead atoms. The molecule has 0 aromatic carbocycles. The van der Waals surface area contributed by atoms with Crippen LogP contribution >= 0.6 is 0 Å². The summed E-state index contributed by atoms with van der Waals surface area (Å²) >= 11 is 0. The lowest BCUT2D eigenvalue weighted by atomic mass is 10.0. The van der Waals surface area contributed by atoms with E-state index < -0.39 is 0 Å². The van der Waals surface area contributed by atoms with Crippen molar-refractivity contribution in [3.63, 3.8) is 0 Å². The Kier molecular flexibility index (Phi) is 5.42. The molecule has 0 aliphatic heterocycles. The Bertz CT molecular complexity index is 294. The van der Waals surface area contributed by atoms with E-state index in [1.54, 1.807) is 0 Å². The van der Waals surface area contributed by atoms with Crippen LogP contribution in [0.1, 0.15) is 25.1 Å². The maximum atomic E-state index is 5.64. The van der Waals surface area contributed by atoms with Crippen molar-refractivity contribution in [1.82, 2.24) is 15.0 Å². The van der Waals surface area contributed by atoms with E-state index in [4.69, 9.17) is 10.3 Å². The topological polar surface area (TPSA) is 68.2 Å². The van der Waals surface area contributed by atoms with E-state index in [0.29, 0.717) is 18.4 Å². The second kappa shape index (κ2) is 6.60. The van der Waals surface area contributed by atoms with Crippen LogP contribution in [0.25, 0.3) is 0 Å². The highest BCUT2D eigenvalue weighted by atomic mass is 16.5. The van der Waals surface area contributed by atoms with E-state index >= 15 is 0 Å². The van der Waals surface area contributed by atoms with E-state index in [-0.39, 0.29) is 0 Å². The van der Waals surface area contributed by atoms with Crippen LogP contribution in [0.4, 0.5) is 0 Å². The van der Waals surface area contributed by atoms with Crippen LogP contribution in [0.5, 0.6) is 0 Å². The molecule has 5 nitrogen and oxygen atoms in total. The predicted octanol–water partition coefficient (Wildman–Crippen LogP) is 0.701. The van der Waals surface area contributed by atoms with E-state index in [9.17, 15) is 0 Å². The van der Waals surface area contributed by atoms with E-state index in [1.807, 2.05) is 14.1 Å². The molecule has 0 saturated heterocycles. The van der Waals surface area contributed by atoms with Crippen LogP contribution < -0.4 is 5.73 Å². The number of hydrogen-bond donors (Lipinski definition) is 1. The van der Waals surface area contributed by atoms with Crippen molar-refractivity contribution in [2.45, 2.75) is 26.2 Å². The Hall–Kier alpha value is -0.940.